The maximum atomic E-state index is 10.6. The van der Waals surface area contributed by atoms with Gasteiger partial charge in [0.2, 0.25) is 10.0 Å². The first-order chi connectivity index (χ1) is 5.37. The summed E-state index contributed by atoms with van der Waals surface area (Å²) in [5.74, 6) is -1.30. The molecule has 0 rings (SSSR count). The summed E-state index contributed by atoms with van der Waals surface area (Å²) in [5.41, 5.74) is 0. The van der Waals surface area contributed by atoms with Crippen molar-refractivity contribution < 1.29 is 23.4 Å². The van der Waals surface area contributed by atoms with E-state index in [1.165, 1.54) is 0 Å². The van der Waals surface area contributed by atoms with Crippen LogP contribution in [-0.4, -0.2) is 43.5 Å². The van der Waals surface area contributed by atoms with Crippen LogP contribution < -0.4 is 4.72 Å². The maximum absolute atomic E-state index is 10.6. The average Bonchev–Trinajstić information content (AvgIpc) is 1.83. The third kappa shape index (κ3) is 5.05. The Morgan fingerprint density at radius 1 is 1.58 bits per heavy atom. The molecule has 0 unspecified atom stereocenters. The average molecular weight is 197 g/mol. The zero-order chi connectivity index (χ0) is 9.78. The van der Waals surface area contributed by atoms with Crippen molar-refractivity contribution in [3.05, 3.63) is 0 Å². The lowest BCUT2D eigenvalue weighted by Gasteiger charge is -2.10. The Bertz CT molecular complexity index is 247. The Kier molecular flexibility index (Phi) is 4.15. The summed E-state index contributed by atoms with van der Waals surface area (Å²) in [6, 6.07) is -1.25. The number of nitrogens with one attached hydrogen (secondary N) is 1. The zero-order valence-electron chi connectivity index (χ0n) is 6.52. The van der Waals surface area contributed by atoms with Crippen molar-refractivity contribution in [2.24, 2.45) is 0 Å². The number of hydrogen-bond donors (Lipinski definition) is 3. The van der Waals surface area contributed by atoms with Gasteiger partial charge in [0.15, 0.2) is 0 Å². The van der Waals surface area contributed by atoms with Gasteiger partial charge in [0.1, 0.15) is 6.04 Å². The Labute approximate surface area is 70.3 Å². The molecule has 0 aromatic rings. The standard InChI is InChI=1S/C5H11NO5S/c1-12(10,11)6-4(2-3-7)5(8)9/h4,6-7H,2-3H2,1H3,(H,8,9)/t4-/m0/s1. The van der Waals surface area contributed by atoms with Crippen molar-refractivity contribution in [1.82, 2.24) is 4.72 Å². The second-order valence-electron chi connectivity index (χ2n) is 2.29. The van der Waals surface area contributed by atoms with E-state index >= 15 is 0 Å². The third-order valence-corrected chi connectivity index (χ3v) is 1.78. The van der Waals surface area contributed by atoms with E-state index in [0.29, 0.717) is 0 Å². The molecule has 6 nitrogen and oxygen atoms in total. The normalized spacial score (nSPS) is 14.2. The van der Waals surface area contributed by atoms with Crippen LogP contribution in [-0.2, 0) is 14.8 Å². The van der Waals surface area contributed by atoms with Crippen LogP contribution in [0.1, 0.15) is 6.42 Å². The second-order valence-corrected chi connectivity index (χ2v) is 4.07. The molecule has 3 N–H and O–H groups in total. The van der Waals surface area contributed by atoms with Crippen LogP contribution in [0.4, 0.5) is 0 Å². The summed E-state index contributed by atoms with van der Waals surface area (Å²) >= 11 is 0. The van der Waals surface area contributed by atoms with E-state index in [1.54, 1.807) is 0 Å². The predicted octanol–water partition coefficient (Wildman–Crippen LogP) is -1.63. The number of carboxylic acid groups (broad SMARTS) is 1. The Morgan fingerprint density at radius 3 is 2.33 bits per heavy atom. The van der Waals surface area contributed by atoms with Gasteiger partial charge in [0.25, 0.3) is 0 Å². The van der Waals surface area contributed by atoms with Gasteiger partial charge in [0, 0.05) is 6.61 Å². The molecule has 0 aliphatic heterocycles. The predicted molar refractivity (Wildman–Crippen MR) is 41.1 cm³/mol. The highest BCUT2D eigenvalue weighted by molar-refractivity contribution is 7.88. The monoisotopic (exact) mass is 197 g/mol. The van der Waals surface area contributed by atoms with Gasteiger partial charge in [-0.25, -0.2) is 13.1 Å². The molecular formula is C5H11NO5S. The summed E-state index contributed by atoms with van der Waals surface area (Å²) in [6.07, 6.45) is 0.725. The SMILES string of the molecule is CS(=O)(=O)N[C@@H](CCO)C(=O)O. The minimum absolute atomic E-state index is 0.137. The molecule has 0 aromatic carbocycles. The molecule has 0 saturated heterocycles. The van der Waals surface area contributed by atoms with E-state index in [2.05, 4.69) is 0 Å². The fraction of sp³-hybridized carbons (Fsp3) is 0.800. The van der Waals surface area contributed by atoms with Gasteiger partial charge in [-0.05, 0) is 6.42 Å². The quantitative estimate of drug-likeness (QED) is 0.491. The molecule has 0 radical (unpaired) electrons. The van der Waals surface area contributed by atoms with Gasteiger partial charge in [-0.15, -0.1) is 0 Å². The highest BCUT2D eigenvalue weighted by Gasteiger charge is 2.20. The minimum atomic E-state index is -3.53. The van der Waals surface area contributed by atoms with E-state index in [1.807, 2.05) is 4.72 Å². The Balaban J connectivity index is 4.24. The van der Waals surface area contributed by atoms with Gasteiger partial charge in [-0.3, -0.25) is 4.79 Å². The van der Waals surface area contributed by atoms with Crippen molar-refractivity contribution in [2.45, 2.75) is 12.5 Å². The fourth-order valence-corrected chi connectivity index (χ4v) is 1.36. The molecule has 0 fully saturated rings. The van der Waals surface area contributed by atoms with Gasteiger partial charge < -0.3 is 10.2 Å². The van der Waals surface area contributed by atoms with E-state index < -0.39 is 22.0 Å². The fourth-order valence-electron chi connectivity index (χ4n) is 0.620. The van der Waals surface area contributed by atoms with Gasteiger partial charge in [-0.2, -0.15) is 0 Å². The van der Waals surface area contributed by atoms with Gasteiger partial charge in [-0.1, -0.05) is 0 Å². The molecule has 7 heteroatoms. The van der Waals surface area contributed by atoms with E-state index in [4.69, 9.17) is 10.2 Å². The molecule has 0 amide bonds. The highest BCUT2D eigenvalue weighted by atomic mass is 32.2. The molecular weight excluding hydrogens is 186 g/mol. The molecule has 1 atom stereocenters. The first-order valence-electron chi connectivity index (χ1n) is 3.18. The summed E-state index contributed by atoms with van der Waals surface area (Å²) in [7, 11) is -3.53. The summed E-state index contributed by atoms with van der Waals surface area (Å²) in [4.78, 5) is 10.3. The number of carbonyl (C=O) groups is 1. The van der Waals surface area contributed by atoms with Gasteiger partial charge >= 0.3 is 5.97 Å². The Morgan fingerprint density at radius 2 is 2.08 bits per heavy atom. The lowest BCUT2D eigenvalue weighted by Crippen LogP contribution is -2.40. The number of carboxylic acids is 1. The van der Waals surface area contributed by atoms with E-state index in [0.717, 1.165) is 6.26 Å². The van der Waals surface area contributed by atoms with Crippen LogP contribution >= 0.6 is 0 Å². The van der Waals surface area contributed by atoms with Crippen LogP contribution in [0.2, 0.25) is 0 Å². The smallest absolute Gasteiger partial charge is 0.321 e. The van der Waals surface area contributed by atoms with Crippen molar-refractivity contribution in [2.75, 3.05) is 12.9 Å². The van der Waals surface area contributed by atoms with Crippen LogP contribution in [0.3, 0.4) is 0 Å². The number of aliphatic hydroxyl groups is 1. The first kappa shape index (κ1) is 11.3. The largest absolute Gasteiger partial charge is 0.480 e. The van der Waals surface area contributed by atoms with E-state index in [-0.39, 0.29) is 13.0 Å². The molecule has 0 spiro atoms. The number of aliphatic carboxylic acids is 1. The summed E-state index contributed by atoms with van der Waals surface area (Å²) in [6.45, 7) is -0.376. The van der Waals surface area contributed by atoms with E-state index in [9.17, 15) is 13.2 Å². The number of sulfonamides is 1. The highest BCUT2D eigenvalue weighted by Crippen LogP contribution is 1.93. The number of aliphatic hydroxyl groups excluding tert-OH is 1. The third-order valence-electron chi connectivity index (χ3n) is 1.07. The second kappa shape index (κ2) is 4.39. The van der Waals surface area contributed by atoms with Crippen molar-refractivity contribution in [1.29, 1.82) is 0 Å². The zero-order valence-corrected chi connectivity index (χ0v) is 7.34. The van der Waals surface area contributed by atoms with Crippen molar-refractivity contribution in [3.63, 3.8) is 0 Å². The summed E-state index contributed by atoms with van der Waals surface area (Å²) in [5, 5.41) is 16.8. The lowest BCUT2D eigenvalue weighted by atomic mass is 10.2. The van der Waals surface area contributed by atoms with Crippen LogP contribution in [0.25, 0.3) is 0 Å². The van der Waals surface area contributed by atoms with Crippen LogP contribution in [0.15, 0.2) is 0 Å². The first-order valence-corrected chi connectivity index (χ1v) is 5.07. The van der Waals surface area contributed by atoms with Crippen LogP contribution in [0, 0.1) is 0 Å². The molecule has 0 saturated carbocycles. The molecule has 12 heavy (non-hydrogen) atoms. The van der Waals surface area contributed by atoms with Gasteiger partial charge in [0.05, 0.1) is 6.26 Å². The Hall–Kier alpha value is -0.660. The molecule has 0 aromatic heterocycles. The molecule has 0 aliphatic carbocycles. The van der Waals surface area contributed by atoms with Crippen molar-refractivity contribution in [3.8, 4) is 0 Å². The number of hydrogen-bond acceptors (Lipinski definition) is 4. The molecule has 0 heterocycles. The molecule has 72 valence electrons. The topological polar surface area (TPSA) is 104 Å². The van der Waals surface area contributed by atoms with Crippen molar-refractivity contribution >= 4 is 16.0 Å². The maximum Gasteiger partial charge on any atom is 0.321 e. The summed E-state index contributed by atoms with van der Waals surface area (Å²) < 4.78 is 23.0. The molecule has 0 bridgehead atoms. The van der Waals surface area contributed by atoms with Crippen LogP contribution in [0.5, 0.6) is 0 Å². The lowest BCUT2D eigenvalue weighted by molar-refractivity contribution is -0.139. The minimum Gasteiger partial charge on any atom is -0.480 e. The molecule has 0 aliphatic rings. The number of rotatable bonds is 5.